The van der Waals surface area contributed by atoms with Gasteiger partial charge in [-0.1, -0.05) is 424 Å². The first-order chi connectivity index (χ1) is 71.4. The molecule has 0 N–H and O–H groups in total. The van der Waals surface area contributed by atoms with E-state index in [2.05, 4.69) is 519 Å². The molecule has 0 amide bonds. The van der Waals surface area contributed by atoms with E-state index < -0.39 is 21.7 Å². The van der Waals surface area contributed by atoms with Crippen LogP contribution in [0.1, 0.15) is 100 Å². The van der Waals surface area contributed by atoms with Crippen LogP contribution in [0.5, 0.6) is 0 Å². The molecule has 0 fully saturated rings. The summed E-state index contributed by atoms with van der Waals surface area (Å²) in [6.07, 6.45) is 0. The first-order valence-corrected chi connectivity index (χ1v) is 50.9. The summed E-state index contributed by atoms with van der Waals surface area (Å²) in [6, 6.07) is 185. The van der Waals surface area contributed by atoms with Crippen LogP contribution in [0.3, 0.4) is 0 Å². The molecule has 22 aromatic rings. The van der Waals surface area contributed by atoms with E-state index in [1.54, 1.807) is 0 Å². The molecule has 34 rings (SSSR count). The topological polar surface area (TPSA) is 13.0 Å². The van der Waals surface area contributed by atoms with Gasteiger partial charge < -0.3 is 19.6 Å². The number of aryl methyl sites for hydroxylation is 2. The highest BCUT2D eigenvalue weighted by Gasteiger charge is 2.60. The quantitative estimate of drug-likeness (QED) is 0.163. The normalized spacial score (nSPS) is 15.2. The average molecular weight is 1820 g/mol. The summed E-state index contributed by atoms with van der Waals surface area (Å²) < 4.78 is 0. The largest absolute Gasteiger partial charge is 0.311 e. The predicted octanol–water partition coefficient (Wildman–Crippen LogP) is 29.5. The Balaban J connectivity index is 0.000000127. The van der Waals surface area contributed by atoms with Gasteiger partial charge in [-0.25, -0.2) is 0 Å². The number of benzene rings is 22. The van der Waals surface area contributed by atoms with Crippen LogP contribution in [0.2, 0.25) is 0 Å². The van der Waals surface area contributed by atoms with Gasteiger partial charge in [-0.3, -0.25) is 0 Å². The van der Waals surface area contributed by atoms with E-state index in [9.17, 15) is 0 Å². The average Bonchev–Trinajstić information content (AvgIpc) is 1.45. The van der Waals surface area contributed by atoms with Crippen molar-refractivity contribution in [2.24, 2.45) is 0 Å². The maximum Gasteiger partial charge on any atom is 0.252 e. The number of hydrogen-bond donors (Lipinski definition) is 0. The second-order valence-electron chi connectivity index (χ2n) is 41.2. The minimum Gasteiger partial charge on any atom is -0.311 e. The van der Waals surface area contributed by atoms with Crippen molar-refractivity contribution in [3.63, 3.8) is 0 Å². The Bertz CT molecular complexity index is 8810. The molecule has 4 heterocycles. The van der Waals surface area contributed by atoms with Crippen molar-refractivity contribution in [1.29, 1.82) is 0 Å². The third kappa shape index (κ3) is 9.46. The molecule has 0 bridgehead atoms. The van der Waals surface area contributed by atoms with Gasteiger partial charge in [0.05, 0.1) is 44.4 Å². The number of fused-ring (bicyclic) bond motifs is 48. The van der Waals surface area contributed by atoms with E-state index in [4.69, 9.17) is 0 Å². The summed E-state index contributed by atoms with van der Waals surface area (Å²) >= 11 is 0. The highest BCUT2D eigenvalue weighted by atomic mass is 15.2. The molecule has 12 aliphatic rings. The number of para-hydroxylation sites is 2. The van der Waals surface area contributed by atoms with E-state index in [0.29, 0.717) is 0 Å². The summed E-state index contributed by atoms with van der Waals surface area (Å²) in [4.78, 5) is 10.5. The molecule has 22 aromatic carbocycles. The second kappa shape index (κ2) is 28.5. The molecule has 0 saturated carbocycles. The third-order valence-electron chi connectivity index (χ3n) is 35.1. The van der Waals surface area contributed by atoms with Gasteiger partial charge in [0.15, 0.2) is 0 Å². The molecule has 4 aliphatic heterocycles. The highest BCUT2D eigenvalue weighted by molar-refractivity contribution is 7.01. The lowest BCUT2D eigenvalue weighted by molar-refractivity contribution is 0.793. The number of rotatable bonds is 4. The minimum atomic E-state index is -0.447. The molecule has 6 heteroatoms. The van der Waals surface area contributed by atoms with Crippen molar-refractivity contribution in [2.75, 3.05) is 19.6 Å². The van der Waals surface area contributed by atoms with Gasteiger partial charge in [-0.2, -0.15) is 0 Å². The van der Waals surface area contributed by atoms with Crippen LogP contribution in [-0.4, -0.2) is 13.4 Å². The maximum absolute atomic E-state index is 2.63. The van der Waals surface area contributed by atoms with Crippen LogP contribution in [-0.2, 0) is 21.7 Å². The van der Waals surface area contributed by atoms with Gasteiger partial charge in [-0.15, -0.1) is 0 Å². The number of anilines is 12. The van der Waals surface area contributed by atoms with E-state index in [0.717, 1.165) is 0 Å². The molecule has 144 heavy (non-hydrogen) atoms. The molecule has 0 atom stereocenters. The van der Waals surface area contributed by atoms with Crippen LogP contribution in [0.25, 0.3) is 89.0 Å². The van der Waals surface area contributed by atoms with E-state index in [1.807, 2.05) is 0 Å². The molecule has 0 saturated heterocycles. The third-order valence-corrected chi connectivity index (χ3v) is 35.1. The van der Waals surface area contributed by atoms with Crippen LogP contribution in [0.4, 0.5) is 68.2 Å². The summed E-state index contributed by atoms with van der Waals surface area (Å²) in [5.41, 5.74) is 65.9. The number of hydrogen-bond acceptors (Lipinski definition) is 4. The van der Waals surface area contributed by atoms with Crippen LogP contribution in [0.15, 0.2) is 485 Å². The molecule has 8 aliphatic carbocycles. The van der Waals surface area contributed by atoms with E-state index >= 15 is 0 Å². The standard InChI is InChI=1S/2C69H43BN2/c2*1-42-39-40-60-58(41-42)70-57-33-14-15-34-59(57)71(61-35-16-31-55-65(61)47-23-6-12-29-53(47)68(55)49-25-8-2-19-43(49)44-20-3-9-26-50(44)68)63-37-18-38-64(67(63)70)72(60)62-36-17-32-56-66(62)48-24-7-13-30-54(48)69(56)51-27-10-4-21-45(51)46-22-5-11-28-52(46)69/h2*2-41H,1H3. The Morgan fingerprint density at radius 2 is 0.306 bits per heavy atom. The highest BCUT2D eigenvalue weighted by Crippen LogP contribution is 2.72. The zero-order valence-electron chi connectivity index (χ0n) is 79.1. The SMILES string of the molecule is Cc1ccc2c(c1)B1c3ccccc3N(c3cccc4c3-c3ccccc3C43c4ccccc4-c4ccccc43)c3cccc(c31)N2c1cccc2c1-c1ccccc1C21c2ccccc2-c2ccccc21.Cc1ccc2c(c1)B1c3ccccc3N(c3cccc4c3-c3ccccc3C43c4ccccc4-c4ccccc43)c3cccc(c31)N2c1cccc2c1-c1ccccc1C21c2ccccc2-c2ccccc21. The molecule has 4 nitrogen and oxygen atoms in total. The van der Waals surface area contributed by atoms with Crippen molar-refractivity contribution in [3.8, 4) is 89.0 Å². The molecule has 0 unspecified atom stereocenters. The Labute approximate surface area is 837 Å². The summed E-state index contributed by atoms with van der Waals surface area (Å²) in [5, 5.41) is 0. The monoisotopic (exact) mass is 1820 g/mol. The molecule has 664 valence electrons. The second-order valence-corrected chi connectivity index (χ2v) is 41.2. The maximum atomic E-state index is 2.63. The summed E-state index contributed by atoms with van der Waals surface area (Å²) in [5.74, 6) is 0. The first-order valence-electron chi connectivity index (χ1n) is 50.9. The van der Waals surface area contributed by atoms with E-state index in [-0.39, 0.29) is 13.4 Å². The molecular formula is C138H86B2N4. The zero-order chi connectivity index (χ0) is 94.1. The predicted molar refractivity (Wildman–Crippen MR) is 596 cm³/mol. The van der Waals surface area contributed by atoms with Gasteiger partial charge in [0.1, 0.15) is 0 Å². The number of nitrogens with zero attached hydrogens (tertiary/aromatic N) is 4. The van der Waals surface area contributed by atoms with Gasteiger partial charge in [0.25, 0.3) is 13.4 Å². The molecule has 0 aromatic heterocycles. The lowest BCUT2D eigenvalue weighted by atomic mass is 9.33. The van der Waals surface area contributed by atoms with Crippen molar-refractivity contribution in [3.05, 3.63) is 585 Å². The fraction of sp³-hybridized carbons (Fsp3) is 0.0435. The lowest BCUT2D eigenvalue weighted by Crippen LogP contribution is -2.61. The fourth-order valence-corrected chi connectivity index (χ4v) is 30.3. The molecule has 4 spiro atoms. The van der Waals surface area contributed by atoms with Gasteiger partial charge in [0.2, 0.25) is 0 Å². The Kier molecular flexibility index (Phi) is 15.6. The molecule has 0 radical (unpaired) electrons. The van der Waals surface area contributed by atoms with Crippen LogP contribution < -0.4 is 52.4 Å². The smallest absolute Gasteiger partial charge is 0.252 e. The van der Waals surface area contributed by atoms with Gasteiger partial charge >= 0.3 is 0 Å². The Hall–Kier alpha value is -17.8. The summed E-state index contributed by atoms with van der Waals surface area (Å²) in [7, 11) is 0. The van der Waals surface area contributed by atoms with E-state index in [1.165, 1.54) is 290 Å². The van der Waals surface area contributed by atoms with Crippen molar-refractivity contribution >= 4 is 114 Å². The minimum absolute atomic E-state index is 0.0164. The van der Waals surface area contributed by atoms with Crippen LogP contribution >= 0.6 is 0 Å². The fourth-order valence-electron chi connectivity index (χ4n) is 30.3. The first kappa shape index (κ1) is 79.0. The van der Waals surface area contributed by atoms with Crippen molar-refractivity contribution < 1.29 is 0 Å². The van der Waals surface area contributed by atoms with Crippen molar-refractivity contribution in [1.82, 2.24) is 0 Å². The molecular weight excluding hydrogens is 1740 g/mol. The Morgan fingerprint density at radius 3 is 0.542 bits per heavy atom. The van der Waals surface area contributed by atoms with Crippen molar-refractivity contribution in [2.45, 2.75) is 35.5 Å². The Morgan fingerprint density at radius 1 is 0.139 bits per heavy atom. The van der Waals surface area contributed by atoms with Crippen LogP contribution in [0, 0.1) is 13.8 Å². The lowest BCUT2D eigenvalue weighted by Gasteiger charge is -2.45. The summed E-state index contributed by atoms with van der Waals surface area (Å²) in [6.45, 7) is 4.54. The van der Waals surface area contributed by atoms with Gasteiger partial charge in [-0.05, 0) is 275 Å². The van der Waals surface area contributed by atoms with Gasteiger partial charge in [0, 0.05) is 67.8 Å². The zero-order valence-corrected chi connectivity index (χ0v) is 79.1.